The Morgan fingerprint density at radius 2 is 1.80 bits per heavy atom. The minimum absolute atomic E-state index is 0.468. The molecule has 4 atom stereocenters. The van der Waals surface area contributed by atoms with Crippen molar-refractivity contribution in [1.82, 2.24) is 0 Å². The Bertz CT molecular complexity index is 138. The van der Waals surface area contributed by atoms with Gasteiger partial charge in [-0.05, 0) is 0 Å². The maximum absolute atomic E-state index is 2.47. The fourth-order valence-corrected chi connectivity index (χ4v) is 7.14. The molecule has 0 N–H and O–H groups in total. The van der Waals surface area contributed by atoms with E-state index in [1.165, 1.54) is 29.9 Å². The van der Waals surface area contributed by atoms with Crippen LogP contribution in [0.5, 0.6) is 0 Å². The Morgan fingerprint density at radius 1 is 1.13 bits per heavy atom. The summed E-state index contributed by atoms with van der Waals surface area (Å²) in [5, 5.41) is 0. The summed E-state index contributed by atoms with van der Waals surface area (Å²) in [6.45, 7) is 12.0. The molecule has 0 aromatic heterocycles. The molecule has 0 aliphatic rings. The van der Waals surface area contributed by atoms with Crippen LogP contribution in [-0.4, -0.2) is 21.2 Å². The number of halogens is 1. The molecule has 0 aliphatic heterocycles. The summed E-state index contributed by atoms with van der Waals surface area (Å²) in [6.07, 6.45) is 5.79. The van der Waals surface area contributed by atoms with Crippen LogP contribution in [0.1, 0.15) is 47.0 Å². The molecular formula is C13H29IP-. The van der Waals surface area contributed by atoms with Crippen LogP contribution in [0.15, 0.2) is 0 Å². The Hall–Kier alpha value is 1.16. The van der Waals surface area contributed by atoms with Crippen LogP contribution >= 0.6 is 8.58 Å². The van der Waals surface area contributed by atoms with Gasteiger partial charge in [-0.2, -0.15) is 0 Å². The van der Waals surface area contributed by atoms with Gasteiger partial charge in [-0.1, -0.05) is 0 Å². The van der Waals surface area contributed by atoms with Crippen LogP contribution in [0, 0.1) is 11.8 Å². The molecule has 0 aliphatic carbocycles. The van der Waals surface area contributed by atoms with Crippen LogP contribution < -0.4 is 21.2 Å². The van der Waals surface area contributed by atoms with E-state index in [2.05, 4.69) is 34.4 Å². The van der Waals surface area contributed by atoms with E-state index in [0.717, 1.165) is 24.3 Å². The molecule has 0 nitrogen and oxygen atoms in total. The molecule has 0 aromatic rings. The predicted molar refractivity (Wildman–Crippen MR) is 71.3 cm³/mol. The monoisotopic (exact) mass is 343 g/mol. The normalized spacial score (nSPS) is 18.5. The second-order valence-electron chi connectivity index (χ2n) is 4.29. The van der Waals surface area contributed by atoms with Crippen molar-refractivity contribution in [3.8, 4) is 0 Å². The summed E-state index contributed by atoms with van der Waals surface area (Å²) in [5.41, 5.74) is 0. The number of alkyl halides is 2. The summed E-state index contributed by atoms with van der Waals surface area (Å²) < 4.78 is 2.59. The van der Waals surface area contributed by atoms with Crippen molar-refractivity contribution in [2.45, 2.75) is 50.9 Å². The molecule has 15 heavy (non-hydrogen) atoms. The Labute approximate surface area is 109 Å². The molecule has 0 radical (unpaired) electrons. The molecular weight excluding hydrogens is 314 g/mol. The van der Waals surface area contributed by atoms with E-state index < -0.39 is 0 Å². The van der Waals surface area contributed by atoms with Gasteiger partial charge < -0.3 is 0 Å². The van der Waals surface area contributed by atoms with Crippen LogP contribution in [0.3, 0.4) is 0 Å². The molecule has 0 rings (SSSR count). The molecule has 0 fully saturated rings. The maximum atomic E-state index is 2.47. The average Bonchev–Trinajstić information content (AvgIpc) is 2.26. The zero-order valence-corrected chi connectivity index (χ0v) is 14.3. The van der Waals surface area contributed by atoms with Crippen molar-refractivity contribution >= 4 is 8.58 Å². The summed E-state index contributed by atoms with van der Waals surface area (Å²) in [4.78, 5) is 0. The van der Waals surface area contributed by atoms with Gasteiger partial charge in [-0.25, -0.2) is 0 Å². The third kappa shape index (κ3) is 6.46. The first-order valence-corrected chi connectivity index (χ1v) is 10.9. The van der Waals surface area contributed by atoms with E-state index in [1.807, 2.05) is 0 Å². The van der Waals surface area contributed by atoms with E-state index in [9.17, 15) is 0 Å². The van der Waals surface area contributed by atoms with Crippen molar-refractivity contribution < 1.29 is 21.2 Å². The molecule has 4 unspecified atom stereocenters. The van der Waals surface area contributed by atoms with Gasteiger partial charge in [0.05, 0.1) is 0 Å². The number of hydrogen-bond acceptors (Lipinski definition) is 0. The van der Waals surface area contributed by atoms with Crippen molar-refractivity contribution in [2.24, 2.45) is 11.8 Å². The van der Waals surface area contributed by atoms with Gasteiger partial charge in [0, 0.05) is 0 Å². The molecule has 0 heterocycles. The van der Waals surface area contributed by atoms with E-state index in [1.54, 1.807) is 0 Å². The Kier molecular flexibility index (Phi) is 11.1. The third-order valence-corrected chi connectivity index (χ3v) is 7.68. The number of hydrogen-bond donors (Lipinski definition) is 0. The standard InChI is InChI=1S/C13H29IP/c1-6-11(4)12(7-2)13(14-8-3)9-10-15-5/h11-13,15H,6-10H2,1-5H3/q-1. The van der Waals surface area contributed by atoms with Gasteiger partial charge in [0.1, 0.15) is 0 Å². The van der Waals surface area contributed by atoms with E-state index >= 15 is 0 Å². The summed E-state index contributed by atoms with van der Waals surface area (Å²) in [5.74, 6) is 1.98. The minimum atomic E-state index is 0.468. The Balaban J connectivity index is 4.25. The molecule has 0 amide bonds. The molecule has 94 valence electrons. The topological polar surface area (TPSA) is 0 Å². The molecule has 2 heteroatoms. The fourth-order valence-electron chi connectivity index (χ4n) is 2.20. The summed E-state index contributed by atoms with van der Waals surface area (Å²) in [6, 6.07) is 0. The van der Waals surface area contributed by atoms with E-state index in [-0.39, 0.29) is 0 Å². The average molecular weight is 343 g/mol. The molecule has 0 saturated heterocycles. The van der Waals surface area contributed by atoms with Crippen molar-refractivity contribution in [3.05, 3.63) is 0 Å². The molecule has 0 bridgehead atoms. The molecule has 0 saturated carbocycles. The van der Waals surface area contributed by atoms with Gasteiger partial charge in [-0.3, -0.25) is 0 Å². The molecule has 0 spiro atoms. The van der Waals surface area contributed by atoms with Gasteiger partial charge in [0.2, 0.25) is 0 Å². The quantitative estimate of drug-likeness (QED) is 0.336. The molecule has 0 aromatic carbocycles. The first kappa shape index (κ1) is 16.2. The second kappa shape index (κ2) is 10.3. The fraction of sp³-hybridized carbons (Fsp3) is 1.00. The van der Waals surface area contributed by atoms with Crippen LogP contribution in [0.2, 0.25) is 0 Å². The summed E-state index contributed by atoms with van der Waals surface area (Å²) >= 11 is 0.468. The summed E-state index contributed by atoms with van der Waals surface area (Å²) in [7, 11) is 1.16. The van der Waals surface area contributed by atoms with Crippen LogP contribution in [0.4, 0.5) is 0 Å². The zero-order chi connectivity index (χ0) is 11.7. The van der Waals surface area contributed by atoms with Gasteiger partial charge in [0.25, 0.3) is 0 Å². The van der Waals surface area contributed by atoms with Crippen LogP contribution in [-0.2, 0) is 0 Å². The second-order valence-corrected chi connectivity index (χ2v) is 9.50. The van der Waals surface area contributed by atoms with Crippen molar-refractivity contribution in [1.29, 1.82) is 0 Å². The van der Waals surface area contributed by atoms with Gasteiger partial charge in [0.15, 0.2) is 0 Å². The van der Waals surface area contributed by atoms with Crippen molar-refractivity contribution in [2.75, 3.05) is 17.3 Å². The third-order valence-electron chi connectivity index (χ3n) is 3.33. The van der Waals surface area contributed by atoms with E-state index in [4.69, 9.17) is 0 Å². The first-order chi connectivity index (χ1) is 7.21. The number of rotatable bonds is 9. The first-order valence-electron chi connectivity index (χ1n) is 6.43. The van der Waals surface area contributed by atoms with Gasteiger partial charge in [-0.15, -0.1) is 0 Å². The SMILES string of the molecule is CC[I-]C(CCPC)C(CC)C(C)CC. The predicted octanol–water partition coefficient (Wildman–Crippen LogP) is 1.23. The van der Waals surface area contributed by atoms with Crippen LogP contribution in [0.25, 0.3) is 0 Å². The Morgan fingerprint density at radius 3 is 2.20 bits per heavy atom. The van der Waals surface area contributed by atoms with Gasteiger partial charge >= 0.3 is 110 Å². The van der Waals surface area contributed by atoms with E-state index in [0.29, 0.717) is 21.2 Å². The van der Waals surface area contributed by atoms with Crippen molar-refractivity contribution in [3.63, 3.8) is 0 Å². The zero-order valence-electron chi connectivity index (χ0n) is 11.1.